The molecule has 0 aliphatic heterocycles. The second-order valence-electron chi connectivity index (χ2n) is 4.91. The first-order chi connectivity index (χ1) is 10.5. The van der Waals surface area contributed by atoms with E-state index in [1.54, 1.807) is 25.1 Å². The molecule has 0 bridgehead atoms. The van der Waals surface area contributed by atoms with E-state index in [1.807, 2.05) is 0 Å². The van der Waals surface area contributed by atoms with Crippen molar-refractivity contribution in [3.05, 3.63) is 63.8 Å². The summed E-state index contributed by atoms with van der Waals surface area (Å²) < 4.78 is 5.71. The number of rotatable bonds is 2. The molecule has 0 spiro atoms. The van der Waals surface area contributed by atoms with Crippen LogP contribution in [0.3, 0.4) is 0 Å². The van der Waals surface area contributed by atoms with Gasteiger partial charge in [-0.3, -0.25) is 4.79 Å². The van der Waals surface area contributed by atoms with E-state index in [1.165, 1.54) is 24.3 Å². The molecule has 0 aliphatic carbocycles. The summed E-state index contributed by atoms with van der Waals surface area (Å²) in [5, 5.41) is 19.3. The molecule has 1 heterocycles. The largest absolute Gasteiger partial charge is 0.508 e. The molecule has 0 radical (unpaired) electrons. The van der Waals surface area contributed by atoms with E-state index >= 15 is 0 Å². The summed E-state index contributed by atoms with van der Waals surface area (Å²) in [5.41, 5.74) is 0.756. The Hall–Kier alpha value is -3.08. The topological polar surface area (TPSA) is 87.7 Å². The number of hydrogen-bond acceptors (Lipinski definition) is 4. The lowest BCUT2D eigenvalue weighted by molar-refractivity contribution is 0.0697. The first-order valence-corrected chi connectivity index (χ1v) is 6.58. The minimum atomic E-state index is -1.11. The predicted octanol–water partition coefficient (Wildman–Crippen LogP) is 3.17. The molecule has 3 aromatic rings. The first-order valence-electron chi connectivity index (χ1n) is 6.58. The van der Waals surface area contributed by atoms with Gasteiger partial charge in [-0.1, -0.05) is 18.2 Å². The average Bonchev–Trinajstić information content (AvgIpc) is 2.51. The molecule has 2 aromatic carbocycles. The zero-order valence-corrected chi connectivity index (χ0v) is 11.7. The molecule has 1 aromatic heterocycles. The molecule has 5 nitrogen and oxygen atoms in total. The molecule has 0 aliphatic rings. The molecule has 0 fully saturated rings. The lowest BCUT2D eigenvalue weighted by Gasteiger charge is -2.08. The Labute approximate surface area is 125 Å². The van der Waals surface area contributed by atoms with E-state index in [0.717, 1.165) is 0 Å². The zero-order chi connectivity index (χ0) is 15.9. The Morgan fingerprint density at radius 3 is 2.59 bits per heavy atom. The minimum absolute atomic E-state index is 0.0133. The number of benzene rings is 2. The van der Waals surface area contributed by atoms with Crippen molar-refractivity contribution >= 4 is 16.9 Å². The maximum atomic E-state index is 12.2. The number of hydrogen-bond donors (Lipinski definition) is 2. The Morgan fingerprint density at radius 2 is 1.86 bits per heavy atom. The number of phenols is 1. The van der Waals surface area contributed by atoms with Gasteiger partial charge in [0.1, 0.15) is 17.1 Å². The molecule has 0 unspecified atom stereocenters. The van der Waals surface area contributed by atoms with Crippen LogP contribution in [0.1, 0.15) is 15.9 Å². The highest BCUT2D eigenvalue weighted by molar-refractivity contribution is 5.95. The third-order valence-electron chi connectivity index (χ3n) is 3.54. The number of aromatic carboxylic acids is 1. The van der Waals surface area contributed by atoms with Crippen LogP contribution in [0.25, 0.3) is 22.3 Å². The number of carboxylic acid groups (broad SMARTS) is 1. The Balaban J connectivity index is 2.37. The van der Waals surface area contributed by atoms with Gasteiger partial charge in [0.15, 0.2) is 5.43 Å². The smallest absolute Gasteiger partial charge is 0.336 e. The van der Waals surface area contributed by atoms with E-state index in [2.05, 4.69) is 0 Å². The molecule has 0 atom stereocenters. The number of carbonyl (C=O) groups is 1. The summed E-state index contributed by atoms with van der Waals surface area (Å²) in [4.78, 5) is 23.5. The van der Waals surface area contributed by atoms with Crippen LogP contribution in [0, 0.1) is 6.92 Å². The van der Waals surface area contributed by atoms with Gasteiger partial charge in [0.25, 0.3) is 0 Å². The van der Waals surface area contributed by atoms with Gasteiger partial charge >= 0.3 is 5.97 Å². The summed E-state index contributed by atoms with van der Waals surface area (Å²) >= 11 is 0. The zero-order valence-electron chi connectivity index (χ0n) is 11.7. The van der Waals surface area contributed by atoms with Crippen LogP contribution < -0.4 is 5.43 Å². The van der Waals surface area contributed by atoms with Crippen LogP contribution in [-0.2, 0) is 0 Å². The first kappa shape index (κ1) is 13.9. The SMILES string of the molecule is Cc1c(O)ccc2c(=O)cc(-c3ccccc3C(=O)O)oc12. The number of carboxylic acids is 1. The maximum Gasteiger partial charge on any atom is 0.336 e. The van der Waals surface area contributed by atoms with E-state index in [4.69, 9.17) is 4.42 Å². The fourth-order valence-corrected chi connectivity index (χ4v) is 2.36. The fourth-order valence-electron chi connectivity index (χ4n) is 2.36. The highest BCUT2D eigenvalue weighted by atomic mass is 16.4. The Bertz CT molecular complexity index is 953. The van der Waals surface area contributed by atoms with Crippen LogP contribution in [0.4, 0.5) is 0 Å². The van der Waals surface area contributed by atoms with Crippen LogP contribution in [0.15, 0.2) is 51.7 Å². The highest BCUT2D eigenvalue weighted by Gasteiger charge is 2.16. The molecule has 5 heteroatoms. The Kier molecular flexibility index (Phi) is 3.18. The van der Waals surface area contributed by atoms with Crippen molar-refractivity contribution in [2.24, 2.45) is 0 Å². The standard InChI is InChI=1S/C17H12O5/c1-9-13(18)7-6-12-14(19)8-15(22-16(9)12)10-4-2-3-5-11(10)17(20)21/h2-8,18H,1H3,(H,20,21). The van der Waals surface area contributed by atoms with Gasteiger partial charge in [-0.25, -0.2) is 4.79 Å². The van der Waals surface area contributed by atoms with E-state index in [-0.39, 0.29) is 28.1 Å². The predicted molar refractivity (Wildman–Crippen MR) is 81.3 cm³/mol. The summed E-state index contributed by atoms with van der Waals surface area (Å²) in [6.07, 6.45) is 0. The van der Waals surface area contributed by atoms with E-state index < -0.39 is 5.97 Å². The van der Waals surface area contributed by atoms with Gasteiger partial charge in [-0.2, -0.15) is 0 Å². The summed E-state index contributed by atoms with van der Waals surface area (Å²) in [6, 6.07) is 10.5. The van der Waals surface area contributed by atoms with Crippen LogP contribution >= 0.6 is 0 Å². The van der Waals surface area contributed by atoms with Crippen molar-refractivity contribution in [1.82, 2.24) is 0 Å². The number of aromatic hydroxyl groups is 1. The molecular formula is C17H12O5. The molecule has 2 N–H and O–H groups in total. The van der Waals surface area contributed by atoms with Crippen molar-refractivity contribution in [1.29, 1.82) is 0 Å². The second-order valence-corrected chi connectivity index (χ2v) is 4.91. The third-order valence-corrected chi connectivity index (χ3v) is 3.54. The molecule has 0 amide bonds. The molecule has 0 saturated heterocycles. The molecule has 3 rings (SSSR count). The maximum absolute atomic E-state index is 12.2. The number of phenolic OH excluding ortho intramolecular Hbond substituents is 1. The van der Waals surface area contributed by atoms with Gasteiger partial charge in [0.2, 0.25) is 0 Å². The summed E-state index contributed by atoms with van der Waals surface area (Å²) in [5.74, 6) is -0.936. The van der Waals surface area contributed by atoms with Crippen molar-refractivity contribution in [2.45, 2.75) is 6.92 Å². The summed E-state index contributed by atoms with van der Waals surface area (Å²) in [7, 11) is 0. The molecule has 110 valence electrons. The van der Waals surface area contributed by atoms with E-state index in [0.29, 0.717) is 16.5 Å². The molecular weight excluding hydrogens is 284 g/mol. The van der Waals surface area contributed by atoms with Crippen LogP contribution in [0.5, 0.6) is 5.75 Å². The van der Waals surface area contributed by atoms with Crippen molar-refractivity contribution < 1.29 is 19.4 Å². The van der Waals surface area contributed by atoms with Crippen molar-refractivity contribution in [3.63, 3.8) is 0 Å². The van der Waals surface area contributed by atoms with Gasteiger partial charge in [-0.05, 0) is 25.1 Å². The lowest BCUT2D eigenvalue weighted by Crippen LogP contribution is -2.04. The van der Waals surface area contributed by atoms with Gasteiger partial charge in [-0.15, -0.1) is 0 Å². The summed E-state index contributed by atoms with van der Waals surface area (Å²) in [6.45, 7) is 1.63. The minimum Gasteiger partial charge on any atom is -0.508 e. The van der Waals surface area contributed by atoms with Gasteiger partial charge in [0.05, 0.1) is 10.9 Å². The second kappa shape index (κ2) is 5.04. The van der Waals surface area contributed by atoms with Crippen molar-refractivity contribution in [2.75, 3.05) is 0 Å². The van der Waals surface area contributed by atoms with Gasteiger partial charge in [0, 0.05) is 17.2 Å². The third kappa shape index (κ3) is 2.13. The fraction of sp³-hybridized carbons (Fsp3) is 0.0588. The normalized spacial score (nSPS) is 10.8. The molecule has 22 heavy (non-hydrogen) atoms. The molecule has 0 saturated carbocycles. The lowest BCUT2D eigenvalue weighted by atomic mass is 10.0. The van der Waals surface area contributed by atoms with Crippen molar-refractivity contribution in [3.8, 4) is 17.1 Å². The van der Waals surface area contributed by atoms with Crippen LogP contribution in [0.2, 0.25) is 0 Å². The van der Waals surface area contributed by atoms with Crippen LogP contribution in [-0.4, -0.2) is 16.2 Å². The Morgan fingerprint density at radius 1 is 1.14 bits per heavy atom. The monoisotopic (exact) mass is 296 g/mol. The average molecular weight is 296 g/mol. The van der Waals surface area contributed by atoms with E-state index in [9.17, 15) is 19.8 Å². The number of fused-ring (bicyclic) bond motifs is 1. The quantitative estimate of drug-likeness (QED) is 0.758. The highest BCUT2D eigenvalue weighted by Crippen LogP contribution is 2.29. The number of aryl methyl sites for hydroxylation is 1. The van der Waals surface area contributed by atoms with Gasteiger partial charge < -0.3 is 14.6 Å².